The molecule has 2 fully saturated rings. The minimum atomic E-state index is 0.175. The van der Waals surface area contributed by atoms with Crippen LogP contribution in [0.5, 0.6) is 0 Å². The molecule has 2 aliphatic rings. The highest BCUT2D eigenvalue weighted by Crippen LogP contribution is 2.36. The van der Waals surface area contributed by atoms with E-state index in [2.05, 4.69) is 11.8 Å². The molecule has 0 aromatic heterocycles. The first kappa shape index (κ1) is 15.8. The number of carbonyl (C=O) groups excluding carboxylic acids is 1. The van der Waals surface area contributed by atoms with E-state index >= 15 is 0 Å². The Balaban J connectivity index is 1.86. The van der Waals surface area contributed by atoms with Gasteiger partial charge < -0.3 is 10.6 Å². The van der Waals surface area contributed by atoms with Gasteiger partial charge in [0.15, 0.2) is 0 Å². The molecule has 3 nitrogen and oxygen atoms in total. The lowest BCUT2D eigenvalue weighted by Gasteiger charge is -2.45. The predicted octanol–water partition coefficient (Wildman–Crippen LogP) is 3.32. The SMILES string of the molecule is CC(N)CCCC(C)C(=O)N1CCC[C@H]2CCCC[C@H]21. The molecule has 2 unspecified atom stereocenters. The Bertz CT molecular complexity index is 314. The van der Waals surface area contributed by atoms with Crippen LogP contribution in [-0.4, -0.2) is 29.4 Å². The van der Waals surface area contributed by atoms with Gasteiger partial charge in [0.25, 0.3) is 0 Å². The van der Waals surface area contributed by atoms with Gasteiger partial charge in [0.2, 0.25) is 5.91 Å². The van der Waals surface area contributed by atoms with Crippen LogP contribution in [0.1, 0.15) is 71.6 Å². The van der Waals surface area contributed by atoms with Gasteiger partial charge >= 0.3 is 0 Å². The molecule has 0 aromatic rings. The first-order chi connectivity index (χ1) is 9.59. The molecule has 0 radical (unpaired) electrons. The first-order valence-corrected chi connectivity index (χ1v) is 8.65. The quantitative estimate of drug-likeness (QED) is 0.839. The highest BCUT2D eigenvalue weighted by molar-refractivity contribution is 5.79. The van der Waals surface area contributed by atoms with Crippen molar-refractivity contribution in [3.63, 3.8) is 0 Å². The fourth-order valence-electron chi connectivity index (χ4n) is 4.05. The molecule has 4 atom stereocenters. The van der Waals surface area contributed by atoms with Crippen molar-refractivity contribution in [2.45, 2.75) is 83.7 Å². The monoisotopic (exact) mass is 280 g/mol. The summed E-state index contributed by atoms with van der Waals surface area (Å²) in [6.45, 7) is 5.15. The van der Waals surface area contributed by atoms with Crippen LogP contribution in [0.2, 0.25) is 0 Å². The molecule has 0 aromatic carbocycles. The number of amides is 1. The molecule has 2 rings (SSSR count). The van der Waals surface area contributed by atoms with Gasteiger partial charge in [-0.15, -0.1) is 0 Å². The van der Waals surface area contributed by atoms with Gasteiger partial charge in [-0.2, -0.15) is 0 Å². The summed E-state index contributed by atoms with van der Waals surface area (Å²) in [4.78, 5) is 15.0. The average Bonchev–Trinajstić information content (AvgIpc) is 2.45. The van der Waals surface area contributed by atoms with Crippen molar-refractivity contribution < 1.29 is 4.79 Å². The summed E-state index contributed by atoms with van der Waals surface area (Å²) in [6, 6.07) is 0.816. The molecule has 1 aliphatic carbocycles. The van der Waals surface area contributed by atoms with Crippen LogP contribution in [0, 0.1) is 11.8 Å². The lowest BCUT2D eigenvalue weighted by molar-refractivity contribution is -0.141. The van der Waals surface area contributed by atoms with Gasteiger partial charge in [-0.3, -0.25) is 4.79 Å². The zero-order valence-electron chi connectivity index (χ0n) is 13.3. The van der Waals surface area contributed by atoms with E-state index in [1.165, 1.54) is 38.5 Å². The molecule has 1 amide bonds. The summed E-state index contributed by atoms with van der Waals surface area (Å²) < 4.78 is 0. The van der Waals surface area contributed by atoms with Gasteiger partial charge in [0, 0.05) is 24.5 Å². The van der Waals surface area contributed by atoms with E-state index in [0.29, 0.717) is 11.9 Å². The van der Waals surface area contributed by atoms with Crippen molar-refractivity contribution in [2.75, 3.05) is 6.54 Å². The van der Waals surface area contributed by atoms with Crippen molar-refractivity contribution in [1.29, 1.82) is 0 Å². The Morgan fingerprint density at radius 2 is 1.85 bits per heavy atom. The summed E-state index contributed by atoms with van der Waals surface area (Å²) in [7, 11) is 0. The van der Waals surface area contributed by atoms with Crippen LogP contribution in [0.25, 0.3) is 0 Å². The van der Waals surface area contributed by atoms with E-state index in [-0.39, 0.29) is 12.0 Å². The third-order valence-corrected chi connectivity index (χ3v) is 5.24. The Morgan fingerprint density at radius 3 is 2.60 bits per heavy atom. The maximum absolute atomic E-state index is 12.7. The van der Waals surface area contributed by atoms with E-state index in [0.717, 1.165) is 31.7 Å². The standard InChI is InChI=1S/C17H32N2O/c1-13(7-5-8-14(2)18)17(20)19-12-6-10-15-9-3-4-11-16(15)19/h13-16H,3-12,18H2,1-2H3/t13?,14?,15-,16-/m1/s1. The molecule has 1 heterocycles. The maximum Gasteiger partial charge on any atom is 0.225 e. The molecule has 1 aliphatic heterocycles. The smallest absolute Gasteiger partial charge is 0.225 e. The third kappa shape index (κ3) is 3.97. The van der Waals surface area contributed by atoms with Crippen molar-refractivity contribution in [3.8, 4) is 0 Å². The number of hydrogen-bond donors (Lipinski definition) is 1. The third-order valence-electron chi connectivity index (χ3n) is 5.24. The minimum Gasteiger partial charge on any atom is -0.339 e. The molecule has 116 valence electrons. The van der Waals surface area contributed by atoms with Crippen LogP contribution >= 0.6 is 0 Å². The van der Waals surface area contributed by atoms with Crippen molar-refractivity contribution in [2.24, 2.45) is 17.6 Å². The molecule has 1 saturated heterocycles. The summed E-state index contributed by atoms with van der Waals surface area (Å²) in [5.41, 5.74) is 5.79. The number of nitrogens with two attached hydrogens (primary N) is 1. The molecule has 0 bridgehead atoms. The highest BCUT2D eigenvalue weighted by Gasteiger charge is 2.36. The van der Waals surface area contributed by atoms with E-state index < -0.39 is 0 Å². The minimum absolute atomic E-state index is 0.175. The molecule has 3 heteroatoms. The Labute approximate surface area is 124 Å². The largest absolute Gasteiger partial charge is 0.339 e. The summed E-state index contributed by atoms with van der Waals surface area (Å²) in [5.74, 6) is 1.37. The maximum atomic E-state index is 12.7. The second kappa shape index (κ2) is 7.44. The van der Waals surface area contributed by atoms with E-state index in [9.17, 15) is 4.79 Å². The van der Waals surface area contributed by atoms with Crippen LogP contribution in [0.3, 0.4) is 0 Å². The number of nitrogens with zero attached hydrogens (tertiary/aromatic N) is 1. The topological polar surface area (TPSA) is 46.3 Å². The summed E-state index contributed by atoms with van der Waals surface area (Å²) in [5, 5.41) is 0. The van der Waals surface area contributed by atoms with Gasteiger partial charge in [-0.1, -0.05) is 26.2 Å². The fourth-order valence-corrected chi connectivity index (χ4v) is 4.05. The highest BCUT2D eigenvalue weighted by atomic mass is 16.2. The Hall–Kier alpha value is -0.570. The lowest BCUT2D eigenvalue weighted by atomic mass is 9.78. The second-order valence-corrected chi connectivity index (χ2v) is 7.09. The summed E-state index contributed by atoms with van der Waals surface area (Å²) >= 11 is 0. The number of hydrogen-bond acceptors (Lipinski definition) is 2. The number of carbonyl (C=O) groups is 1. The van der Waals surface area contributed by atoms with Gasteiger partial charge in [0.05, 0.1) is 0 Å². The van der Waals surface area contributed by atoms with Crippen LogP contribution < -0.4 is 5.73 Å². The summed E-state index contributed by atoms with van der Waals surface area (Å²) in [6.07, 6.45) is 10.9. The zero-order chi connectivity index (χ0) is 14.5. The Morgan fingerprint density at radius 1 is 1.15 bits per heavy atom. The van der Waals surface area contributed by atoms with Crippen molar-refractivity contribution >= 4 is 5.91 Å². The van der Waals surface area contributed by atoms with Gasteiger partial charge in [-0.25, -0.2) is 0 Å². The molecule has 20 heavy (non-hydrogen) atoms. The van der Waals surface area contributed by atoms with Crippen molar-refractivity contribution in [1.82, 2.24) is 4.90 Å². The molecule has 2 N–H and O–H groups in total. The van der Waals surface area contributed by atoms with Crippen molar-refractivity contribution in [3.05, 3.63) is 0 Å². The fraction of sp³-hybridized carbons (Fsp3) is 0.941. The van der Waals surface area contributed by atoms with E-state index in [4.69, 9.17) is 5.73 Å². The predicted molar refractivity (Wildman–Crippen MR) is 83.4 cm³/mol. The second-order valence-electron chi connectivity index (χ2n) is 7.09. The van der Waals surface area contributed by atoms with Gasteiger partial charge in [-0.05, 0) is 51.4 Å². The number of rotatable bonds is 5. The molecule has 0 spiro atoms. The van der Waals surface area contributed by atoms with Crippen LogP contribution in [0.4, 0.5) is 0 Å². The molecular formula is C17H32N2O. The first-order valence-electron chi connectivity index (χ1n) is 8.65. The normalized spacial score (nSPS) is 29.6. The van der Waals surface area contributed by atoms with Gasteiger partial charge in [0.1, 0.15) is 0 Å². The van der Waals surface area contributed by atoms with Crippen LogP contribution in [0.15, 0.2) is 0 Å². The number of likely N-dealkylation sites (tertiary alicyclic amines) is 1. The number of fused-ring (bicyclic) bond motifs is 1. The van der Waals surface area contributed by atoms with E-state index in [1.807, 2.05) is 6.92 Å². The molecule has 1 saturated carbocycles. The number of piperidine rings is 1. The molecular weight excluding hydrogens is 248 g/mol. The average molecular weight is 280 g/mol. The van der Waals surface area contributed by atoms with Crippen LogP contribution in [-0.2, 0) is 4.79 Å². The lowest BCUT2D eigenvalue weighted by Crippen LogP contribution is -2.51. The Kier molecular flexibility index (Phi) is 5.88. The zero-order valence-corrected chi connectivity index (χ0v) is 13.3. The van der Waals surface area contributed by atoms with E-state index in [1.54, 1.807) is 0 Å².